The van der Waals surface area contributed by atoms with Gasteiger partial charge in [0.25, 0.3) is 11.6 Å². The molecule has 1 heterocycles. The van der Waals surface area contributed by atoms with Crippen molar-refractivity contribution >= 4 is 17.4 Å². The Bertz CT molecular complexity index is 1080. The number of ketones is 1. The van der Waals surface area contributed by atoms with Gasteiger partial charge in [0.1, 0.15) is 0 Å². The maximum absolute atomic E-state index is 12.8. The zero-order valence-electron chi connectivity index (χ0n) is 17.3. The predicted octanol–water partition coefficient (Wildman–Crippen LogP) is 3.14. The van der Waals surface area contributed by atoms with Gasteiger partial charge in [-0.1, -0.05) is 18.2 Å². The Balaban J connectivity index is 1.98. The number of benzene rings is 2. The number of methoxy groups -OCH3 is 2. The van der Waals surface area contributed by atoms with Gasteiger partial charge in [-0.25, -0.2) is 0 Å². The Morgan fingerprint density at radius 3 is 2.45 bits per heavy atom. The summed E-state index contributed by atoms with van der Waals surface area (Å²) >= 11 is 0. The first-order chi connectivity index (χ1) is 14.8. The van der Waals surface area contributed by atoms with E-state index in [1.165, 1.54) is 44.2 Å². The largest absolute Gasteiger partial charge is 0.503 e. The third-order valence-electron chi connectivity index (χ3n) is 5.20. The van der Waals surface area contributed by atoms with E-state index in [0.717, 1.165) is 5.56 Å². The average molecular weight is 426 g/mol. The number of carbonyl (C=O) groups is 2. The smallest absolute Gasteiger partial charge is 0.290 e. The summed E-state index contributed by atoms with van der Waals surface area (Å²) < 4.78 is 10.5. The summed E-state index contributed by atoms with van der Waals surface area (Å²) in [4.78, 5) is 37.3. The Morgan fingerprint density at radius 2 is 1.84 bits per heavy atom. The second-order valence-electron chi connectivity index (χ2n) is 6.97. The van der Waals surface area contributed by atoms with Gasteiger partial charge in [-0.05, 0) is 37.1 Å². The third-order valence-corrected chi connectivity index (χ3v) is 5.20. The summed E-state index contributed by atoms with van der Waals surface area (Å²) in [5.74, 6) is -0.868. The number of rotatable bonds is 8. The number of carbonyl (C=O) groups excluding carboxylic acids is 2. The quantitative estimate of drug-likeness (QED) is 0.509. The summed E-state index contributed by atoms with van der Waals surface area (Å²) in [6.45, 7) is 1.34. The first kappa shape index (κ1) is 21.8. The minimum Gasteiger partial charge on any atom is -0.503 e. The molecular weight excluding hydrogens is 404 g/mol. The molecule has 0 aromatic heterocycles. The number of para-hydroxylation sites is 1. The number of aliphatic hydroxyl groups is 1. The normalized spacial score (nSPS) is 15.9. The van der Waals surface area contributed by atoms with E-state index in [4.69, 9.17) is 9.47 Å². The number of hydrogen-bond donors (Lipinski definition) is 1. The summed E-state index contributed by atoms with van der Waals surface area (Å²) in [5.41, 5.74) is 0.612. The fourth-order valence-electron chi connectivity index (χ4n) is 3.74. The minimum atomic E-state index is -1.05. The Labute approximate surface area is 178 Å². The average Bonchev–Trinajstić information content (AvgIpc) is 3.02. The lowest BCUT2D eigenvalue weighted by Gasteiger charge is -2.26. The summed E-state index contributed by atoms with van der Waals surface area (Å²) in [6.07, 6.45) is 0.363. The number of Topliss-reactive ketones (excluding diaryl/α,β-unsaturated/α-hetero) is 1. The van der Waals surface area contributed by atoms with E-state index >= 15 is 0 Å². The van der Waals surface area contributed by atoms with Crippen molar-refractivity contribution in [3.63, 3.8) is 0 Å². The van der Waals surface area contributed by atoms with Crippen molar-refractivity contribution in [3.05, 3.63) is 75.0 Å². The molecule has 162 valence electrons. The van der Waals surface area contributed by atoms with Crippen LogP contribution in [0.25, 0.3) is 0 Å². The molecule has 1 aliphatic rings. The fourth-order valence-corrected chi connectivity index (χ4v) is 3.74. The van der Waals surface area contributed by atoms with Gasteiger partial charge in [-0.3, -0.25) is 19.7 Å². The van der Waals surface area contributed by atoms with Gasteiger partial charge in [0.15, 0.2) is 23.0 Å². The SMILES string of the molecule is COc1ccc(CCN2C(=O)C(O)=C(C(C)=O)C2c2ccccc2[N+](=O)[O-])cc1OC. The van der Waals surface area contributed by atoms with E-state index in [1.807, 2.05) is 0 Å². The molecule has 0 radical (unpaired) electrons. The molecule has 9 heteroatoms. The Morgan fingerprint density at radius 1 is 1.16 bits per heavy atom. The minimum absolute atomic E-state index is 0.117. The zero-order chi connectivity index (χ0) is 22.7. The van der Waals surface area contributed by atoms with Crippen molar-refractivity contribution in [1.82, 2.24) is 4.90 Å². The molecule has 9 nitrogen and oxygen atoms in total. The molecular formula is C22H22N2O7. The lowest BCUT2D eigenvalue weighted by atomic mass is 9.95. The van der Waals surface area contributed by atoms with E-state index in [-0.39, 0.29) is 23.4 Å². The number of amides is 1. The lowest BCUT2D eigenvalue weighted by molar-refractivity contribution is -0.385. The van der Waals surface area contributed by atoms with E-state index in [2.05, 4.69) is 0 Å². The van der Waals surface area contributed by atoms with E-state index in [0.29, 0.717) is 17.9 Å². The van der Waals surface area contributed by atoms with Gasteiger partial charge in [0.2, 0.25) is 0 Å². The molecule has 0 saturated carbocycles. The molecule has 0 bridgehead atoms. The van der Waals surface area contributed by atoms with Crippen LogP contribution in [0.5, 0.6) is 11.5 Å². The van der Waals surface area contributed by atoms with Crippen LogP contribution in [0.1, 0.15) is 24.1 Å². The molecule has 1 amide bonds. The number of hydrogen-bond acceptors (Lipinski definition) is 7. The highest BCUT2D eigenvalue weighted by Crippen LogP contribution is 2.41. The molecule has 0 aliphatic carbocycles. The summed E-state index contributed by atoms with van der Waals surface area (Å²) in [7, 11) is 3.03. The molecule has 1 N–H and O–H groups in total. The van der Waals surface area contributed by atoms with Crippen LogP contribution in [0.3, 0.4) is 0 Å². The molecule has 31 heavy (non-hydrogen) atoms. The van der Waals surface area contributed by atoms with Crippen LogP contribution in [0.2, 0.25) is 0 Å². The Kier molecular flexibility index (Phi) is 6.24. The molecule has 1 aliphatic heterocycles. The first-order valence-electron chi connectivity index (χ1n) is 9.49. The maximum atomic E-state index is 12.8. The highest BCUT2D eigenvalue weighted by Gasteiger charge is 2.44. The van der Waals surface area contributed by atoms with Crippen molar-refractivity contribution in [3.8, 4) is 11.5 Å². The monoisotopic (exact) mass is 426 g/mol. The Hall–Kier alpha value is -3.88. The number of nitro groups is 1. The van der Waals surface area contributed by atoms with Gasteiger partial charge in [0, 0.05) is 12.6 Å². The predicted molar refractivity (Wildman–Crippen MR) is 111 cm³/mol. The summed E-state index contributed by atoms with van der Waals surface area (Å²) in [6, 6.07) is 10.1. The highest BCUT2D eigenvalue weighted by atomic mass is 16.6. The number of aliphatic hydroxyl groups excluding tert-OH is 1. The van der Waals surface area contributed by atoms with Crippen molar-refractivity contribution in [2.45, 2.75) is 19.4 Å². The number of ether oxygens (including phenoxy) is 2. The molecule has 0 saturated heterocycles. The number of nitro benzene ring substituents is 1. The van der Waals surface area contributed by atoms with Crippen LogP contribution in [-0.2, 0) is 16.0 Å². The van der Waals surface area contributed by atoms with Gasteiger partial charge in [0.05, 0.1) is 36.3 Å². The molecule has 0 fully saturated rings. The second-order valence-corrected chi connectivity index (χ2v) is 6.97. The van der Waals surface area contributed by atoms with Crippen LogP contribution >= 0.6 is 0 Å². The van der Waals surface area contributed by atoms with Crippen LogP contribution < -0.4 is 9.47 Å². The fraction of sp³-hybridized carbons (Fsp3) is 0.273. The van der Waals surface area contributed by atoms with Gasteiger partial charge in [-0.2, -0.15) is 0 Å². The van der Waals surface area contributed by atoms with E-state index < -0.39 is 28.4 Å². The van der Waals surface area contributed by atoms with Gasteiger partial charge in [-0.15, -0.1) is 0 Å². The molecule has 3 rings (SSSR count). The molecule has 0 spiro atoms. The van der Waals surface area contributed by atoms with Crippen LogP contribution in [0.15, 0.2) is 53.8 Å². The molecule has 1 atom stereocenters. The van der Waals surface area contributed by atoms with Crippen LogP contribution in [-0.4, -0.2) is 47.4 Å². The van der Waals surface area contributed by atoms with Crippen molar-refractivity contribution in [2.75, 3.05) is 20.8 Å². The molecule has 2 aromatic rings. The lowest BCUT2D eigenvalue weighted by Crippen LogP contribution is -2.33. The van der Waals surface area contributed by atoms with Crippen molar-refractivity contribution in [1.29, 1.82) is 0 Å². The zero-order valence-corrected chi connectivity index (χ0v) is 17.3. The first-order valence-corrected chi connectivity index (χ1v) is 9.49. The van der Waals surface area contributed by atoms with Crippen LogP contribution in [0, 0.1) is 10.1 Å². The highest BCUT2D eigenvalue weighted by molar-refractivity contribution is 6.08. The topological polar surface area (TPSA) is 119 Å². The standard InChI is InChI=1S/C22H22N2O7/c1-13(25)19-20(15-6-4-5-7-16(15)24(28)29)23(22(27)21(19)26)11-10-14-8-9-17(30-2)18(12-14)31-3/h4-9,12,20,26H,10-11H2,1-3H3. The van der Waals surface area contributed by atoms with Crippen molar-refractivity contribution < 1.29 is 29.1 Å². The molecule has 1 unspecified atom stereocenters. The molecule has 2 aromatic carbocycles. The van der Waals surface area contributed by atoms with Gasteiger partial charge < -0.3 is 19.5 Å². The summed E-state index contributed by atoms with van der Waals surface area (Å²) in [5, 5.41) is 21.9. The number of nitrogens with zero attached hydrogens (tertiary/aromatic N) is 2. The van der Waals surface area contributed by atoms with Gasteiger partial charge >= 0.3 is 0 Å². The van der Waals surface area contributed by atoms with Crippen molar-refractivity contribution in [2.24, 2.45) is 0 Å². The van der Waals surface area contributed by atoms with Crippen LogP contribution in [0.4, 0.5) is 5.69 Å². The third kappa shape index (κ3) is 4.07. The van der Waals surface area contributed by atoms with E-state index in [1.54, 1.807) is 24.3 Å². The second kappa shape index (κ2) is 8.86. The maximum Gasteiger partial charge on any atom is 0.290 e. The van der Waals surface area contributed by atoms with E-state index in [9.17, 15) is 24.8 Å².